The van der Waals surface area contributed by atoms with E-state index in [9.17, 15) is 9.59 Å². The lowest BCUT2D eigenvalue weighted by atomic mass is 10.1. The van der Waals surface area contributed by atoms with Crippen molar-refractivity contribution in [1.29, 1.82) is 0 Å². The van der Waals surface area contributed by atoms with Gasteiger partial charge in [0.05, 0.1) is 36.1 Å². The number of nitrogens with zero attached hydrogens (tertiary/aromatic N) is 1. The topological polar surface area (TPSA) is 94.4 Å². The van der Waals surface area contributed by atoms with Crippen molar-refractivity contribution in [3.63, 3.8) is 0 Å². The van der Waals surface area contributed by atoms with Gasteiger partial charge in [0, 0.05) is 11.8 Å². The Hall–Kier alpha value is -3.84. The van der Waals surface area contributed by atoms with Crippen LogP contribution in [0.15, 0.2) is 65.7 Å². The van der Waals surface area contributed by atoms with Crippen molar-refractivity contribution < 1.29 is 28.9 Å². The minimum absolute atomic E-state index is 0.194. The largest absolute Gasteiger partial charge is 0.493 e. The zero-order valence-electron chi connectivity index (χ0n) is 17.4. The second-order valence-corrected chi connectivity index (χ2v) is 6.99. The van der Waals surface area contributed by atoms with E-state index in [0.717, 1.165) is 5.56 Å². The van der Waals surface area contributed by atoms with Crippen LogP contribution in [0.1, 0.15) is 31.8 Å². The molecule has 32 heavy (non-hydrogen) atoms. The van der Waals surface area contributed by atoms with E-state index < -0.39 is 11.9 Å². The molecular weight excluding hydrogens is 434 g/mol. The molecule has 3 rings (SSSR count). The Labute approximate surface area is 189 Å². The van der Waals surface area contributed by atoms with Gasteiger partial charge < -0.3 is 19.3 Å². The molecule has 8 heteroatoms. The number of halogens is 1. The number of carbonyl (C=O) groups excluding carboxylic acids is 1. The summed E-state index contributed by atoms with van der Waals surface area (Å²) in [6.45, 7) is 0.194. The van der Waals surface area contributed by atoms with E-state index in [2.05, 4.69) is 4.99 Å². The summed E-state index contributed by atoms with van der Waals surface area (Å²) in [5, 5.41) is 9.40. The third-order valence-corrected chi connectivity index (χ3v) is 4.84. The van der Waals surface area contributed by atoms with Crippen molar-refractivity contribution in [3.05, 3.63) is 87.9 Å². The fourth-order valence-corrected chi connectivity index (χ4v) is 3.01. The predicted molar refractivity (Wildman–Crippen MR) is 121 cm³/mol. The van der Waals surface area contributed by atoms with E-state index in [0.29, 0.717) is 33.3 Å². The zero-order valence-corrected chi connectivity index (χ0v) is 18.1. The van der Waals surface area contributed by atoms with Crippen LogP contribution in [0.4, 0.5) is 5.69 Å². The molecule has 0 aromatic heterocycles. The van der Waals surface area contributed by atoms with Crippen molar-refractivity contribution in [2.45, 2.75) is 6.61 Å². The first-order valence-corrected chi connectivity index (χ1v) is 9.84. The first-order chi connectivity index (χ1) is 15.4. The van der Waals surface area contributed by atoms with Gasteiger partial charge in [-0.1, -0.05) is 29.8 Å². The van der Waals surface area contributed by atoms with Gasteiger partial charge in [0.25, 0.3) is 0 Å². The fraction of sp³-hybridized carbons (Fsp3) is 0.125. The summed E-state index contributed by atoms with van der Waals surface area (Å²) in [5.74, 6) is -0.514. The maximum absolute atomic E-state index is 11.8. The Balaban J connectivity index is 1.86. The predicted octanol–water partition coefficient (Wildman–Crippen LogP) is 5.16. The first-order valence-electron chi connectivity index (χ1n) is 9.47. The van der Waals surface area contributed by atoms with Gasteiger partial charge >= 0.3 is 11.9 Å². The molecular formula is C24H20ClNO6. The number of carbonyl (C=O) groups is 2. The molecule has 3 aromatic rings. The molecule has 0 aliphatic carbocycles. The molecule has 0 radical (unpaired) electrons. The van der Waals surface area contributed by atoms with Crippen molar-refractivity contribution >= 4 is 35.4 Å². The molecule has 0 atom stereocenters. The van der Waals surface area contributed by atoms with Crippen LogP contribution in [-0.4, -0.2) is 37.5 Å². The number of carboxylic acid groups (broad SMARTS) is 1. The summed E-state index contributed by atoms with van der Waals surface area (Å²) in [6, 6.07) is 16.4. The maximum Gasteiger partial charge on any atom is 0.337 e. The summed E-state index contributed by atoms with van der Waals surface area (Å²) in [4.78, 5) is 27.2. The first kappa shape index (κ1) is 22.8. The van der Waals surface area contributed by atoms with E-state index in [1.54, 1.807) is 48.7 Å². The van der Waals surface area contributed by atoms with Crippen LogP contribution in [0, 0.1) is 0 Å². The molecule has 0 aliphatic rings. The molecule has 0 amide bonds. The standard InChI is InChI=1S/C24H20ClNO6/c1-30-21-5-3-4-18(13-26-20-12-17(24(29)31-2)10-11-19(20)25)22(21)32-14-15-6-8-16(9-7-15)23(27)28/h3-13H,14H2,1-2H3,(H,27,28). The highest BCUT2D eigenvalue weighted by Gasteiger charge is 2.12. The zero-order chi connectivity index (χ0) is 23.1. The summed E-state index contributed by atoms with van der Waals surface area (Å²) >= 11 is 6.22. The Kier molecular flexibility index (Phi) is 7.46. The van der Waals surface area contributed by atoms with Crippen molar-refractivity contribution in [3.8, 4) is 11.5 Å². The lowest BCUT2D eigenvalue weighted by molar-refractivity contribution is 0.0600. The smallest absolute Gasteiger partial charge is 0.337 e. The second-order valence-electron chi connectivity index (χ2n) is 6.59. The molecule has 0 bridgehead atoms. The highest BCUT2D eigenvalue weighted by Crippen LogP contribution is 2.32. The molecule has 164 valence electrons. The Bertz CT molecular complexity index is 1160. The number of esters is 1. The van der Waals surface area contributed by atoms with Gasteiger partial charge in [-0.2, -0.15) is 0 Å². The monoisotopic (exact) mass is 453 g/mol. The lowest BCUT2D eigenvalue weighted by Crippen LogP contribution is -2.02. The quantitative estimate of drug-likeness (QED) is 0.374. The number of hydrogen-bond acceptors (Lipinski definition) is 6. The van der Waals surface area contributed by atoms with Gasteiger partial charge in [0.1, 0.15) is 6.61 Å². The van der Waals surface area contributed by atoms with E-state index in [4.69, 9.17) is 30.9 Å². The maximum atomic E-state index is 11.8. The number of ether oxygens (including phenoxy) is 3. The second kappa shape index (κ2) is 10.5. The Morgan fingerprint density at radius 1 is 1.03 bits per heavy atom. The van der Waals surface area contributed by atoms with Gasteiger partial charge in [-0.3, -0.25) is 4.99 Å². The van der Waals surface area contributed by atoms with Crippen LogP contribution in [0.25, 0.3) is 0 Å². The number of aliphatic imine (C=N–C) groups is 1. The van der Waals surface area contributed by atoms with Crippen LogP contribution < -0.4 is 9.47 Å². The van der Waals surface area contributed by atoms with Crippen molar-refractivity contribution in [2.24, 2.45) is 4.99 Å². The van der Waals surface area contributed by atoms with Crippen LogP contribution in [-0.2, 0) is 11.3 Å². The van der Waals surface area contributed by atoms with Gasteiger partial charge in [0.2, 0.25) is 0 Å². The van der Waals surface area contributed by atoms with E-state index >= 15 is 0 Å². The van der Waals surface area contributed by atoms with Crippen molar-refractivity contribution in [2.75, 3.05) is 14.2 Å². The van der Waals surface area contributed by atoms with Crippen LogP contribution in [0.3, 0.4) is 0 Å². The summed E-state index contributed by atoms with van der Waals surface area (Å²) in [6.07, 6.45) is 1.56. The fourth-order valence-electron chi connectivity index (χ4n) is 2.84. The lowest BCUT2D eigenvalue weighted by Gasteiger charge is -2.13. The number of hydrogen-bond donors (Lipinski definition) is 1. The summed E-state index contributed by atoms with van der Waals surface area (Å²) in [7, 11) is 2.83. The highest BCUT2D eigenvalue weighted by atomic mass is 35.5. The van der Waals surface area contributed by atoms with Gasteiger partial charge in [-0.25, -0.2) is 9.59 Å². The number of benzene rings is 3. The molecule has 0 heterocycles. The molecule has 7 nitrogen and oxygen atoms in total. The summed E-state index contributed by atoms with van der Waals surface area (Å²) in [5.41, 5.74) is 2.34. The number of aromatic carboxylic acids is 1. The third kappa shape index (κ3) is 5.44. The van der Waals surface area contributed by atoms with Crippen LogP contribution >= 0.6 is 11.6 Å². The molecule has 0 unspecified atom stereocenters. The number of para-hydroxylation sites is 1. The highest BCUT2D eigenvalue weighted by molar-refractivity contribution is 6.33. The van der Waals surface area contributed by atoms with Gasteiger partial charge in [0.15, 0.2) is 11.5 Å². The normalized spacial score (nSPS) is 10.7. The number of methoxy groups -OCH3 is 2. The SMILES string of the molecule is COC(=O)c1ccc(Cl)c(N=Cc2cccc(OC)c2OCc2ccc(C(=O)O)cc2)c1. The molecule has 3 aromatic carbocycles. The van der Waals surface area contributed by atoms with Crippen molar-refractivity contribution in [1.82, 2.24) is 0 Å². The Morgan fingerprint density at radius 3 is 2.41 bits per heavy atom. The molecule has 0 spiro atoms. The van der Waals surface area contributed by atoms with E-state index in [-0.39, 0.29) is 12.2 Å². The molecule has 0 saturated carbocycles. The van der Waals surface area contributed by atoms with Gasteiger partial charge in [-0.05, 0) is 48.0 Å². The van der Waals surface area contributed by atoms with E-state index in [1.807, 2.05) is 0 Å². The average Bonchev–Trinajstić information content (AvgIpc) is 2.82. The average molecular weight is 454 g/mol. The number of rotatable bonds is 8. The minimum atomic E-state index is -0.990. The molecule has 0 saturated heterocycles. The van der Waals surface area contributed by atoms with E-state index in [1.165, 1.54) is 32.4 Å². The molecule has 0 aliphatic heterocycles. The van der Waals surface area contributed by atoms with Crippen LogP contribution in [0.5, 0.6) is 11.5 Å². The molecule has 1 N–H and O–H groups in total. The van der Waals surface area contributed by atoms with Gasteiger partial charge in [-0.15, -0.1) is 0 Å². The Morgan fingerprint density at radius 2 is 1.75 bits per heavy atom. The third-order valence-electron chi connectivity index (χ3n) is 4.52. The summed E-state index contributed by atoms with van der Waals surface area (Å²) < 4.78 is 16.1. The van der Waals surface area contributed by atoms with Crippen LogP contribution in [0.2, 0.25) is 5.02 Å². The minimum Gasteiger partial charge on any atom is -0.493 e. The molecule has 0 fully saturated rings. The number of carboxylic acids is 1.